The highest BCUT2D eigenvalue weighted by molar-refractivity contribution is 6.36. The summed E-state index contributed by atoms with van der Waals surface area (Å²) in [5, 5.41) is 4.56. The molecule has 2 rings (SSSR count). The lowest BCUT2D eigenvalue weighted by atomic mass is 10.1. The number of aromatic nitrogens is 1. The van der Waals surface area contributed by atoms with Gasteiger partial charge in [0, 0.05) is 10.8 Å². The number of ether oxygens (including phenoxy) is 1. The van der Waals surface area contributed by atoms with E-state index in [1.807, 2.05) is 0 Å². The van der Waals surface area contributed by atoms with Crippen molar-refractivity contribution in [1.29, 1.82) is 0 Å². The Balaban J connectivity index is 2.92. The largest absolute Gasteiger partial charge is 0.481 e. The molecule has 1 aromatic heterocycles. The summed E-state index contributed by atoms with van der Waals surface area (Å²) in [6, 6.07) is 5.09. The fourth-order valence-electron chi connectivity index (χ4n) is 1.46. The zero-order chi connectivity index (χ0) is 10.8. The number of nitrogens with zero attached hydrogens (tertiary/aromatic N) is 2. The Bertz CT molecular complexity index is 528. The van der Waals surface area contributed by atoms with E-state index in [1.54, 1.807) is 18.2 Å². The molecule has 0 amide bonds. The summed E-state index contributed by atoms with van der Waals surface area (Å²) in [5.41, 5.74) is 0.290. The highest BCUT2D eigenvalue weighted by Gasteiger charge is 2.10. The summed E-state index contributed by atoms with van der Waals surface area (Å²) in [6.07, 6.45) is 1.44. The molecule has 0 unspecified atom stereocenters. The second-order valence-electron chi connectivity index (χ2n) is 2.91. The Morgan fingerprint density at radius 1 is 1.47 bits per heavy atom. The third kappa shape index (κ3) is 1.53. The quantitative estimate of drug-likeness (QED) is 0.733. The first-order chi connectivity index (χ1) is 7.27. The van der Waals surface area contributed by atoms with Crippen LogP contribution in [-0.4, -0.2) is 12.1 Å². The van der Waals surface area contributed by atoms with Crippen LogP contribution in [-0.2, 0) is 0 Å². The van der Waals surface area contributed by atoms with Gasteiger partial charge in [-0.05, 0) is 17.3 Å². The Kier molecular flexibility index (Phi) is 2.51. The van der Waals surface area contributed by atoms with Gasteiger partial charge in [-0.25, -0.2) is 4.98 Å². The van der Waals surface area contributed by atoms with Crippen LogP contribution in [0.3, 0.4) is 0 Å². The molecular formula is C10H7ClN2O2. The first-order valence-corrected chi connectivity index (χ1v) is 4.60. The van der Waals surface area contributed by atoms with Gasteiger partial charge in [-0.15, -0.1) is 4.91 Å². The van der Waals surface area contributed by atoms with Gasteiger partial charge in [0.15, 0.2) is 0 Å². The minimum atomic E-state index is 0.290. The minimum Gasteiger partial charge on any atom is -0.481 e. The van der Waals surface area contributed by atoms with Crippen LogP contribution in [0, 0.1) is 4.91 Å². The molecule has 4 nitrogen and oxygen atoms in total. The highest BCUT2D eigenvalue weighted by Crippen LogP contribution is 2.35. The molecule has 0 saturated carbocycles. The first kappa shape index (κ1) is 9.86. The Morgan fingerprint density at radius 2 is 2.27 bits per heavy atom. The van der Waals surface area contributed by atoms with Gasteiger partial charge in [0.1, 0.15) is 5.69 Å². The van der Waals surface area contributed by atoms with E-state index < -0.39 is 0 Å². The predicted molar refractivity (Wildman–Crippen MR) is 58.8 cm³/mol. The maximum Gasteiger partial charge on any atom is 0.221 e. The fraction of sp³-hybridized carbons (Fsp3) is 0.100. The van der Waals surface area contributed by atoms with Gasteiger partial charge in [0.2, 0.25) is 5.88 Å². The number of halogens is 1. The molecule has 0 aliphatic heterocycles. The number of rotatable bonds is 2. The SMILES string of the molecule is COc1ncc(Cl)c2c(N=O)cccc12. The van der Waals surface area contributed by atoms with E-state index in [0.29, 0.717) is 27.4 Å². The van der Waals surface area contributed by atoms with Gasteiger partial charge in [0.25, 0.3) is 0 Å². The number of pyridine rings is 1. The van der Waals surface area contributed by atoms with Crippen LogP contribution in [0.1, 0.15) is 0 Å². The summed E-state index contributed by atoms with van der Waals surface area (Å²) in [4.78, 5) is 14.6. The molecule has 1 aromatic carbocycles. The van der Waals surface area contributed by atoms with Gasteiger partial charge < -0.3 is 4.74 Å². The average Bonchev–Trinajstić information content (AvgIpc) is 2.29. The van der Waals surface area contributed by atoms with Crippen molar-refractivity contribution in [1.82, 2.24) is 4.98 Å². The standard InChI is InChI=1S/C10H7ClN2O2/c1-15-10-6-3-2-4-8(13-14)9(6)7(11)5-12-10/h2-5H,1H3. The number of hydrogen-bond acceptors (Lipinski definition) is 4. The lowest BCUT2D eigenvalue weighted by Gasteiger charge is -2.06. The monoisotopic (exact) mass is 222 g/mol. The van der Waals surface area contributed by atoms with Gasteiger partial charge in [-0.1, -0.05) is 17.7 Å². The van der Waals surface area contributed by atoms with Gasteiger partial charge in [0.05, 0.1) is 18.3 Å². The third-order valence-corrected chi connectivity index (χ3v) is 2.39. The number of benzene rings is 1. The molecule has 5 heteroatoms. The Labute approximate surface area is 90.8 Å². The van der Waals surface area contributed by atoms with Crippen molar-refractivity contribution in [3.05, 3.63) is 34.3 Å². The molecule has 0 aliphatic rings. The molecular weight excluding hydrogens is 216 g/mol. The zero-order valence-electron chi connectivity index (χ0n) is 7.90. The number of hydrogen-bond donors (Lipinski definition) is 0. The molecule has 1 heterocycles. The molecule has 0 fully saturated rings. The topological polar surface area (TPSA) is 51.6 Å². The molecule has 0 N–H and O–H groups in total. The summed E-state index contributed by atoms with van der Waals surface area (Å²) >= 11 is 5.95. The normalized spacial score (nSPS) is 10.3. The first-order valence-electron chi connectivity index (χ1n) is 4.22. The predicted octanol–water partition coefficient (Wildman–Crippen LogP) is 3.29. The zero-order valence-corrected chi connectivity index (χ0v) is 8.65. The highest BCUT2D eigenvalue weighted by atomic mass is 35.5. The van der Waals surface area contributed by atoms with Crippen molar-refractivity contribution < 1.29 is 4.74 Å². The molecule has 2 aromatic rings. The maximum absolute atomic E-state index is 10.6. The van der Waals surface area contributed by atoms with Crippen LogP contribution in [0.15, 0.2) is 29.6 Å². The summed E-state index contributed by atoms with van der Waals surface area (Å²) in [5.74, 6) is 0.430. The van der Waals surface area contributed by atoms with Crippen LogP contribution in [0.5, 0.6) is 5.88 Å². The third-order valence-electron chi connectivity index (χ3n) is 2.10. The van der Waals surface area contributed by atoms with Gasteiger partial charge in [-0.2, -0.15) is 0 Å². The van der Waals surface area contributed by atoms with Gasteiger partial charge in [-0.3, -0.25) is 0 Å². The van der Waals surface area contributed by atoms with Gasteiger partial charge >= 0.3 is 0 Å². The molecule has 76 valence electrons. The van der Waals surface area contributed by atoms with E-state index in [0.717, 1.165) is 0 Å². The number of fused-ring (bicyclic) bond motifs is 1. The Hall–Kier alpha value is -1.68. The van der Waals surface area contributed by atoms with E-state index in [4.69, 9.17) is 16.3 Å². The van der Waals surface area contributed by atoms with E-state index in [9.17, 15) is 4.91 Å². The van der Waals surface area contributed by atoms with E-state index in [1.165, 1.54) is 13.3 Å². The van der Waals surface area contributed by atoms with Crippen molar-refractivity contribution in [3.8, 4) is 5.88 Å². The van der Waals surface area contributed by atoms with Crippen molar-refractivity contribution in [2.24, 2.45) is 5.18 Å². The molecule has 0 spiro atoms. The van der Waals surface area contributed by atoms with Crippen LogP contribution < -0.4 is 4.74 Å². The fourth-order valence-corrected chi connectivity index (χ4v) is 1.70. The Morgan fingerprint density at radius 3 is 2.93 bits per heavy atom. The molecule has 15 heavy (non-hydrogen) atoms. The second-order valence-corrected chi connectivity index (χ2v) is 3.31. The number of methoxy groups -OCH3 is 1. The van der Waals surface area contributed by atoms with Crippen molar-refractivity contribution in [2.45, 2.75) is 0 Å². The van der Waals surface area contributed by atoms with E-state index >= 15 is 0 Å². The van der Waals surface area contributed by atoms with Crippen LogP contribution >= 0.6 is 11.6 Å². The molecule has 0 aliphatic carbocycles. The second kappa shape index (κ2) is 3.82. The lowest BCUT2D eigenvalue weighted by molar-refractivity contribution is 0.403. The van der Waals surface area contributed by atoms with Crippen molar-refractivity contribution >= 4 is 28.1 Å². The van der Waals surface area contributed by atoms with Crippen molar-refractivity contribution in [3.63, 3.8) is 0 Å². The summed E-state index contributed by atoms with van der Waals surface area (Å²) in [7, 11) is 1.51. The maximum atomic E-state index is 10.6. The van der Waals surface area contributed by atoms with Crippen LogP contribution in [0.4, 0.5) is 5.69 Å². The minimum absolute atomic E-state index is 0.290. The average molecular weight is 223 g/mol. The summed E-state index contributed by atoms with van der Waals surface area (Å²) < 4.78 is 5.07. The summed E-state index contributed by atoms with van der Waals surface area (Å²) in [6.45, 7) is 0. The van der Waals surface area contributed by atoms with E-state index in [-0.39, 0.29) is 0 Å². The molecule has 0 bridgehead atoms. The number of nitroso groups, excluding NO2 is 1. The van der Waals surface area contributed by atoms with Crippen LogP contribution in [0.25, 0.3) is 10.8 Å². The lowest BCUT2D eigenvalue weighted by Crippen LogP contribution is -1.89. The molecule has 0 atom stereocenters. The van der Waals surface area contributed by atoms with Crippen LogP contribution in [0.2, 0.25) is 5.02 Å². The van der Waals surface area contributed by atoms with Crippen molar-refractivity contribution in [2.75, 3.05) is 7.11 Å². The molecule has 0 radical (unpaired) electrons. The molecule has 0 saturated heterocycles. The smallest absolute Gasteiger partial charge is 0.221 e. The van der Waals surface area contributed by atoms with E-state index in [2.05, 4.69) is 10.2 Å².